The van der Waals surface area contributed by atoms with Crippen LogP contribution in [0.25, 0.3) is 0 Å². The molecule has 0 saturated carbocycles. The normalized spacial score (nSPS) is 35.9. The molecular formula is C51H98N2O13. The maximum absolute atomic E-state index is 14.4. The molecule has 2 fully saturated rings. The second kappa shape index (κ2) is 29.6. The minimum Gasteiger partial charge on any atom is -0.459 e. The lowest BCUT2D eigenvalue weighted by Gasteiger charge is -2.47. The van der Waals surface area contributed by atoms with Gasteiger partial charge in [-0.05, 0) is 86.6 Å². The van der Waals surface area contributed by atoms with Gasteiger partial charge >= 0.3 is 5.97 Å². The number of cyclic esters (lactones) is 1. The van der Waals surface area contributed by atoms with Crippen molar-refractivity contribution in [2.45, 2.75) is 270 Å². The molecular weight excluding hydrogens is 849 g/mol. The van der Waals surface area contributed by atoms with Crippen molar-refractivity contribution in [3.05, 3.63) is 0 Å². The standard InChI is InChI=1S/C51H98N2O13/c1-15-18-19-20-21-22-23-24-25-26-27-29-41(54)53(13)39-30-34(5)62-49(43(39)55)66-46-35(6)44(65-42(28-16-2)63-38(9)48(58)61-14)36(7)47(57)64-40(17-3)51(11,60)45(56)37(8)52(12)32-33(4)31-50(46,10)59/h33-40,42-46,48-49,55-56,58-60H,15-32H2,1-14H3/t33-,34-,35+,36-,37-,38+,39+,40-,42+,43-,44+,45-,46-,48-,49+,50-,51-/m1/s1. The van der Waals surface area contributed by atoms with Crippen LogP contribution >= 0.6 is 0 Å². The highest BCUT2D eigenvalue weighted by molar-refractivity contribution is 5.76. The van der Waals surface area contributed by atoms with Gasteiger partial charge in [-0.1, -0.05) is 105 Å². The maximum atomic E-state index is 14.4. The van der Waals surface area contributed by atoms with E-state index in [9.17, 15) is 35.1 Å². The predicted molar refractivity (Wildman–Crippen MR) is 256 cm³/mol. The van der Waals surface area contributed by atoms with E-state index in [1.165, 1.54) is 65.4 Å². The number of hydrogen-bond donors (Lipinski definition) is 5. The molecule has 15 nitrogen and oxygen atoms in total. The van der Waals surface area contributed by atoms with Gasteiger partial charge in [-0.2, -0.15) is 0 Å². The number of aliphatic hydroxyl groups is 5. The van der Waals surface area contributed by atoms with E-state index >= 15 is 0 Å². The van der Waals surface area contributed by atoms with Crippen LogP contribution in [0.4, 0.5) is 0 Å². The molecule has 0 aromatic carbocycles. The summed E-state index contributed by atoms with van der Waals surface area (Å²) in [5, 5.41) is 58.7. The molecule has 66 heavy (non-hydrogen) atoms. The fourth-order valence-electron chi connectivity index (χ4n) is 10.2. The summed E-state index contributed by atoms with van der Waals surface area (Å²) in [5.41, 5.74) is -3.47. The van der Waals surface area contributed by atoms with Crippen molar-refractivity contribution in [3.63, 3.8) is 0 Å². The number of hydrogen-bond acceptors (Lipinski definition) is 14. The summed E-state index contributed by atoms with van der Waals surface area (Å²) in [5.74, 6) is -2.84. The Morgan fingerprint density at radius 1 is 0.924 bits per heavy atom. The lowest BCUT2D eigenvalue weighted by molar-refractivity contribution is -0.307. The average molecular weight is 947 g/mol. The summed E-state index contributed by atoms with van der Waals surface area (Å²) in [4.78, 5) is 31.6. The molecule has 1 amide bonds. The second-order valence-corrected chi connectivity index (χ2v) is 20.7. The summed E-state index contributed by atoms with van der Waals surface area (Å²) in [7, 11) is 4.91. The second-order valence-electron chi connectivity index (χ2n) is 20.7. The van der Waals surface area contributed by atoms with Crippen LogP contribution in [-0.4, -0.2) is 160 Å². The quantitative estimate of drug-likeness (QED) is 0.0374. The predicted octanol–water partition coefficient (Wildman–Crippen LogP) is 7.09. The summed E-state index contributed by atoms with van der Waals surface area (Å²) < 4.78 is 37.4. The van der Waals surface area contributed by atoms with E-state index < -0.39 is 103 Å². The molecule has 390 valence electrons. The first-order valence-electron chi connectivity index (χ1n) is 25.8. The minimum atomic E-state index is -1.83. The van der Waals surface area contributed by atoms with Crippen LogP contribution in [0, 0.1) is 17.8 Å². The largest absolute Gasteiger partial charge is 0.459 e. The Labute approximate surface area is 399 Å². The van der Waals surface area contributed by atoms with Gasteiger partial charge in [-0.3, -0.25) is 9.59 Å². The van der Waals surface area contributed by atoms with E-state index in [0.29, 0.717) is 32.2 Å². The molecule has 0 aliphatic carbocycles. The number of aliphatic hydroxyl groups excluding tert-OH is 3. The summed E-state index contributed by atoms with van der Waals surface area (Å²) in [6.07, 6.45) is 4.49. The first-order valence-corrected chi connectivity index (χ1v) is 25.8. The van der Waals surface area contributed by atoms with Crippen LogP contribution in [0.1, 0.15) is 185 Å². The van der Waals surface area contributed by atoms with Gasteiger partial charge in [-0.15, -0.1) is 0 Å². The van der Waals surface area contributed by atoms with Crippen molar-refractivity contribution < 1.29 is 63.5 Å². The lowest BCUT2D eigenvalue weighted by Crippen LogP contribution is -2.60. The first kappa shape index (κ1) is 60.6. The Bertz CT molecular complexity index is 1360. The number of unbranched alkanes of at least 4 members (excludes halogenated alkanes) is 10. The van der Waals surface area contributed by atoms with E-state index in [0.717, 1.165) is 19.3 Å². The Kier molecular flexibility index (Phi) is 27.2. The van der Waals surface area contributed by atoms with E-state index in [-0.39, 0.29) is 24.7 Å². The molecule has 15 heteroatoms. The third-order valence-corrected chi connectivity index (χ3v) is 14.5. The van der Waals surface area contributed by atoms with Gasteiger partial charge in [0.05, 0.1) is 35.9 Å². The summed E-state index contributed by atoms with van der Waals surface area (Å²) in [6, 6.07) is -1.20. The van der Waals surface area contributed by atoms with Crippen molar-refractivity contribution >= 4 is 11.9 Å². The van der Waals surface area contributed by atoms with Crippen molar-refractivity contribution in [2.75, 3.05) is 27.7 Å². The zero-order valence-corrected chi connectivity index (χ0v) is 43.8. The number of methoxy groups -OCH3 is 1. The van der Waals surface area contributed by atoms with Gasteiger partial charge in [-0.25, -0.2) is 0 Å². The van der Waals surface area contributed by atoms with Crippen molar-refractivity contribution in [1.82, 2.24) is 9.80 Å². The van der Waals surface area contributed by atoms with Crippen LogP contribution in [0.2, 0.25) is 0 Å². The monoisotopic (exact) mass is 947 g/mol. The molecule has 5 N–H and O–H groups in total. The van der Waals surface area contributed by atoms with Gasteiger partial charge in [0.2, 0.25) is 5.91 Å². The first-order chi connectivity index (χ1) is 31.0. The molecule has 0 bridgehead atoms. The molecule has 0 aromatic rings. The van der Waals surface area contributed by atoms with Crippen LogP contribution < -0.4 is 0 Å². The Hall–Kier alpha value is -1.50. The van der Waals surface area contributed by atoms with Crippen molar-refractivity contribution in [3.8, 4) is 0 Å². The van der Waals surface area contributed by atoms with E-state index in [4.69, 9.17) is 28.4 Å². The molecule has 0 aromatic heterocycles. The fourth-order valence-corrected chi connectivity index (χ4v) is 10.2. The van der Waals surface area contributed by atoms with Crippen LogP contribution in [0.3, 0.4) is 0 Å². The third-order valence-electron chi connectivity index (χ3n) is 14.5. The Morgan fingerprint density at radius 2 is 1.50 bits per heavy atom. The highest BCUT2D eigenvalue weighted by Gasteiger charge is 2.51. The Balaban J connectivity index is 2.53. The van der Waals surface area contributed by atoms with Gasteiger partial charge < -0.3 is 63.8 Å². The number of rotatable bonds is 24. The van der Waals surface area contributed by atoms with E-state index in [1.807, 2.05) is 32.7 Å². The molecule has 2 aliphatic heterocycles. The zero-order chi connectivity index (χ0) is 49.9. The summed E-state index contributed by atoms with van der Waals surface area (Å²) >= 11 is 0. The number of likely N-dealkylation sites (N-methyl/N-ethyl adjacent to an activating group) is 2. The molecule has 2 heterocycles. The highest BCUT2D eigenvalue weighted by atomic mass is 16.7. The lowest BCUT2D eigenvalue weighted by atomic mass is 9.77. The molecule has 2 rings (SSSR count). The van der Waals surface area contributed by atoms with Gasteiger partial charge in [0, 0.05) is 39.1 Å². The Morgan fingerprint density at radius 3 is 2.05 bits per heavy atom. The van der Waals surface area contributed by atoms with Gasteiger partial charge in [0.25, 0.3) is 0 Å². The number of esters is 1. The molecule has 0 spiro atoms. The topological polar surface area (TPSA) is 197 Å². The van der Waals surface area contributed by atoms with Crippen molar-refractivity contribution in [2.24, 2.45) is 17.8 Å². The minimum absolute atomic E-state index is 0.0608. The van der Waals surface area contributed by atoms with Crippen LogP contribution in [0.5, 0.6) is 0 Å². The molecule has 2 aliphatic rings. The smallest absolute Gasteiger partial charge is 0.311 e. The number of carbonyl (C=O) groups excluding carboxylic acids is 2. The number of nitrogens with zero attached hydrogens (tertiary/aromatic N) is 2. The summed E-state index contributed by atoms with van der Waals surface area (Å²) in [6.45, 7) is 20.2. The number of ether oxygens (including phenoxy) is 6. The molecule has 17 atom stereocenters. The maximum Gasteiger partial charge on any atom is 0.311 e. The van der Waals surface area contributed by atoms with E-state index in [2.05, 4.69) is 6.92 Å². The SMILES string of the molecule is CCCCCCCCCCCCCC(=O)N(C)[C@H]1C[C@@H](C)O[C@@H](O[C@@H]2[C@@H](C)[C@H](O[C@@H](CCC)O[C@@H](C)[C@H](O)OC)[C@@H](C)C(=O)O[C@H](CC)[C@@](C)(O)[C@H](O)[C@@H](C)N(C)C[C@H](C)C[C@@]2(C)O)[C@@H]1O. The molecule has 0 radical (unpaired) electrons. The van der Waals surface area contributed by atoms with E-state index in [1.54, 1.807) is 53.5 Å². The zero-order valence-electron chi connectivity index (χ0n) is 43.8. The molecule has 2 saturated heterocycles. The number of amides is 1. The highest BCUT2D eigenvalue weighted by Crippen LogP contribution is 2.38. The molecule has 0 unspecified atom stereocenters. The third kappa shape index (κ3) is 18.4. The van der Waals surface area contributed by atoms with Gasteiger partial charge in [0.15, 0.2) is 18.9 Å². The van der Waals surface area contributed by atoms with Crippen LogP contribution in [0.15, 0.2) is 0 Å². The average Bonchev–Trinajstić information content (AvgIpc) is 3.26. The fraction of sp³-hybridized carbons (Fsp3) is 0.961. The van der Waals surface area contributed by atoms with Gasteiger partial charge in [0.1, 0.15) is 30.0 Å². The number of carbonyl (C=O) groups is 2. The van der Waals surface area contributed by atoms with Crippen LogP contribution in [-0.2, 0) is 38.0 Å². The van der Waals surface area contributed by atoms with Crippen molar-refractivity contribution in [1.29, 1.82) is 0 Å².